The van der Waals surface area contributed by atoms with Crippen molar-refractivity contribution in [3.05, 3.63) is 60.9 Å². The number of para-hydroxylation sites is 1. The van der Waals surface area contributed by atoms with Crippen molar-refractivity contribution in [2.24, 2.45) is 0 Å². The number of pyridine rings is 1. The van der Waals surface area contributed by atoms with Crippen LogP contribution in [0.15, 0.2) is 54.9 Å². The van der Waals surface area contributed by atoms with Crippen LogP contribution in [0, 0.1) is 6.07 Å². The van der Waals surface area contributed by atoms with Gasteiger partial charge in [-0.25, -0.2) is 0 Å². The second-order valence-electron chi connectivity index (χ2n) is 4.10. The maximum Gasteiger partial charge on any atom is 1.00 e. The Morgan fingerprint density at radius 1 is 1.00 bits per heavy atom. The zero-order valence-electron chi connectivity index (χ0n) is 10.1. The Morgan fingerprint density at radius 2 is 1.83 bits per heavy atom. The first kappa shape index (κ1) is 11.3. The van der Waals surface area contributed by atoms with Gasteiger partial charge in [0.25, 0.3) is 0 Å². The first-order valence-corrected chi connectivity index (χ1v) is 5.59. The Balaban J connectivity index is 0.000001000. The average molecular weight is 224 g/mol. The summed E-state index contributed by atoms with van der Waals surface area (Å²) in [6.07, 6.45) is 3.83. The fourth-order valence-electron chi connectivity index (χ4n) is 2.44. The van der Waals surface area contributed by atoms with Gasteiger partial charge in [0.1, 0.15) is 0 Å². The van der Waals surface area contributed by atoms with Crippen LogP contribution in [0.4, 0.5) is 0 Å². The first-order valence-electron chi connectivity index (χ1n) is 5.59. The van der Waals surface area contributed by atoms with Crippen molar-refractivity contribution in [2.45, 2.75) is 0 Å². The fourth-order valence-corrected chi connectivity index (χ4v) is 2.44. The molecule has 4 rings (SSSR count). The largest absolute Gasteiger partial charge is 1.00 e. The molecule has 0 aliphatic heterocycles. The van der Waals surface area contributed by atoms with Crippen LogP contribution in [0.1, 0.15) is 0 Å². The Morgan fingerprint density at radius 3 is 2.78 bits per heavy atom. The molecule has 0 spiro atoms. The molecule has 4 aromatic rings. The molecule has 0 N–H and O–H groups in total. The van der Waals surface area contributed by atoms with E-state index in [-0.39, 0.29) is 18.9 Å². The van der Waals surface area contributed by atoms with Crippen molar-refractivity contribution in [3.8, 4) is 0 Å². The standard InChI is InChI=1S/C15H9N2.Li/c1-2-7-13-11(5-1)12-6-3-4-8-14(12)17-10-9-16-15(13)17;/h1-6,8-10H;/q-1;+1. The maximum absolute atomic E-state index is 4.43. The number of hydrogen-bond donors (Lipinski definition) is 0. The predicted molar refractivity (Wildman–Crippen MR) is 69.0 cm³/mol. The van der Waals surface area contributed by atoms with E-state index in [0.29, 0.717) is 0 Å². The summed E-state index contributed by atoms with van der Waals surface area (Å²) in [6, 6.07) is 17.8. The SMILES string of the molecule is [Li+].[c-]1cccc2c1c1nccn1c1ccccc21. The summed E-state index contributed by atoms with van der Waals surface area (Å²) in [4.78, 5) is 4.43. The third-order valence-electron chi connectivity index (χ3n) is 3.17. The molecule has 0 aliphatic rings. The number of imidazole rings is 1. The molecule has 0 amide bonds. The van der Waals surface area contributed by atoms with Crippen LogP contribution in [0.5, 0.6) is 0 Å². The molecule has 0 bridgehead atoms. The van der Waals surface area contributed by atoms with Crippen molar-refractivity contribution in [1.29, 1.82) is 0 Å². The summed E-state index contributed by atoms with van der Waals surface area (Å²) in [6.45, 7) is 0. The van der Waals surface area contributed by atoms with Gasteiger partial charge in [0.05, 0.1) is 5.65 Å². The Hall–Kier alpha value is -1.75. The molecule has 18 heavy (non-hydrogen) atoms. The summed E-state index contributed by atoms with van der Waals surface area (Å²) in [5.74, 6) is 0. The van der Waals surface area contributed by atoms with Gasteiger partial charge < -0.3 is 4.40 Å². The number of nitrogens with zero attached hydrogens (tertiary/aromatic N) is 2. The van der Waals surface area contributed by atoms with E-state index in [0.717, 1.165) is 11.0 Å². The van der Waals surface area contributed by atoms with E-state index >= 15 is 0 Å². The van der Waals surface area contributed by atoms with Crippen LogP contribution in [0.3, 0.4) is 0 Å². The van der Waals surface area contributed by atoms with E-state index in [9.17, 15) is 0 Å². The summed E-state index contributed by atoms with van der Waals surface area (Å²) >= 11 is 0. The van der Waals surface area contributed by atoms with Crippen LogP contribution >= 0.6 is 0 Å². The molecule has 0 saturated heterocycles. The summed E-state index contributed by atoms with van der Waals surface area (Å²) < 4.78 is 2.12. The van der Waals surface area contributed by atoms with Crippen molar-refractivity contribution in [1.82, 2.24) is 9.38 Å². The van der Waals surface area contributed by atoms with Crippen LogP contribution in [0.2, 0.25) is 0 Å². The third kappa shape index (κ3) is 1.40. The first-order chi connectivity index (χ1) is 8.45. The minimum atomic E-state index is 0. The normalized spacial score (nSPS) is 10.9. The molecule has 2 heterocycles. The van der Waals surface area contributed by atoms with E-state index < -0.39 is 0 Å². The van der Waals surface area contributed by atoms with Gasteiger partial charge in [-0.05, 0) is 11.5 Å². The van der Waals surface area contributed by atoms with Gasteiger partial charge in [0.15, 0.2) is 0 Å². The molecule has 0 radical (unpaired) electrons. The molecule has 0 unspecified atom stereocenters. The summed E-state index contributed by atoms with van der Waals surface area (Å²) in [7, 11) is 0. The minimum absolute atomic E-state index is 0. The molecule has 2 nitrogen and oxygen atoms in total. The monoisotopic (exact) mass is 224 g/mol. The Bertz CT molecular complexity index is 779. The smallest absolute Gasteiger partial charge is 0.340 e. The zero-order valence-corrected chi connectivity index (χ0v) is 10.1. The van der Waals surface area contributed by atoms with Crippen molar-refractivity contribution in [3.63, 3.8) is 0 Å². The molecule has 0 atom stereocenters. The minimum Gasteiger partial charge on any atom is -0.340 e. The third-order valence-corrected chi connectivity index (χ3v) is 3.17. The average Bonchev–Trinajstić information content (AvgIpc) is 2.89. The van der Waals surface area contributed by atoms with E-state index in [1.165, 1.54) is 16.3 Å². The topological polar surface area (TPSA) is 17.3 Å². The molecule has 3 heteroatoms. The van der Waals surface area contributed by atoms with Crippen molar-refractivity contribution < 1.29 is 18.9 Å². The number of aromatic nitrogens is 2. The van der Waals surface area contributed by atoms with Crippen LogP contribution in [0.25, 0.3) is 27.3 Å². The molecule has 2 aromatic carbocycles. The Kier molecular flexibility index (Phi) is 2.63. The zero-order chi connectivity index (χ0) is 11.2. The van der Waals surface area contributed by atoms with E-state index in [1.54, 1.807) is 0 Å². The van der Waals surface area contributed by atoms with Gasteiger partial charge in [-0.1, -0.05) is 23.6 Å². The van der Waals surface area contributed by atoms with Gasteiger partial charge in [0.2, 0.25) is 0 Å². The van der Waals surface area contributed by atoms with E-state index in [1.807, 2.05) is 24.5 Å². The van der Waals surface area contributed by atoms with Crippen LogP contribution in [-0.2, 0) is 0 Å². The molecule has 80 valence electrons. The number of benzene rings is 2. The van der Waals surface area contributed by atoms with E-state index in [2.05, 4.69) is 45.8 Å². The molecule has 0 aliphatic carbocycles. The maximum atomic E-state index is 4.43. The predicted octanol–water partition coefficient (Wildman–Crippen LogP) is 0.445. The van der Waals surface area contributed by atoms with Gasteiger partial charge in [0, 0.05) is 17.9 Å². The molecule has 0 saturated carbocycles. The van der Waals surface area contributed by atoms with Gasteiger partial charge in [-0.2, -0.15) is 0 Å². The number of rotatable bonds is 0. The summed E-state index contributed by atoms with van der Waals surface area (Å²) in [5, 5.41) is 3.53. The van der Waals surface area contributed by atoms with Gasteiger partial charge >= 0.3 is 18.9 Å². The van der Waals surface area contributed by atoms with Crippen molar-refractivity contribution >= 4 is 27.3 Å². The summed E-state index contributed by atoms with van der Waals surface area (Å²) in [5.41, 5.74) is 2.16. The van der Waals surface area contributed by atoms with Crippen LogP contribution < -0.4 is 18.9 Å². The second kappa shape index (κ2) is 4.17. The molecular formula is C15H9LiN2. The quantitative estimate of drug-likeness (QED) is 0.241. The second-order valence-corrected chi connectivity index (χ2v) is 4.10. The van der Waals surface area contributed by atoms with Gasteiger partial charge in [-0.15, -0.1) is 29.7 Å². The van der Waals surface area contributed by atoms with Gasteiger partial charge in [-0.3, -0.25) is 4.98 Å². The molecule has 2 aromatic heterocycles. The van der Waals surface area contributed by atoms with Crippen molar-refractivity contribution in [2.75, 3.05) is 0 Å². The molecular weight excluding hydrogens is 215 g/mol. The van der Waals surface area contributed by atoms with E-state index in [4.69, 9.17) is 0 Å². The Labute approximate surface area is 116 Å². The molecule has 0 fully saturated rings. The number of hydrogen-bond acceptors (Lipinski definition) is 1. The fraction of sp³-hybridized carbons (Fsp3) is 0. The van der Waals surface area contributed by atoms with Crippen LogP contribution in [-0.4, -0.2) is 9.38 Å². The number of fused-ring (bicyclic) bond motifs is 6.